The van der Waals surface area contributed by atoms with E-state index in [0.29, 0.717) is 12.3 Å². The van der Waals surface area contributed by atoms with Gasteiger partial charge in [-0.15, -0.1) is 0 Å². The van der Waals surface area contributed by atoms with Crippen LogP contribution in [0.2, 0.25) is 0 Å². The number of aromatic nitrogens is 2. The second kappa shape index (κ2) is 6.98. The third-order valence-corrected chi connectivity index (χ3v) is 6.53. The van der Waals surface area contributed by atoms with Gasteiger partial charge in [0, 0.05) is 35.3 Å². The summed E-state index contributed by atoms with van der Waals surface area (Å²) < 4.78 is 6.20. The number of carbonyl (C=O) groups is 1. The Morgan fingerprint density at radius 2 is 1.90 bits per heavy atom. The molecule has 5 heteroatoms. The molecule has 1 aliphatic rings. The summed E-state index contributed by atoms with van der Waals surface area (Å²) in [6, 6.07) is 20.3. The molecule has 6 rings (SSSR count). The molecule has 0 bridgehead atoms. The summed E-state index contributed by atoms with van der Waals surface area (Å²) in [5, 5.41) is 3.17. The molecule has 1 unspecified atom stereocenters. The van der Waals surface area contributed by atoms with Crippen LogP contribution in [0.3, 0.4) is 0 Å². The fraction of sp³-hybridized carbons (Fsp3) is 0.231. The predicted molar refractivity (Wildman–Crippen MR) is 122 cm³/mol. The van der Waals surface area contributed by atoms with E-state index >= 15 is 0 Å². The Labute approximate surface area is 179 Å². The maximum Gasteiger partial charge on any atom is 0.289 e. The molecule has 31 heavy (non-hydrogen) atoms. The van der Waals surface area contributed by atoms with E-state index in [-0.39, 0.29) is 11.8 Å². The average Bonchev–Trinajstić information content (AvgIpc) is 3.40. The number of likely N-dealkylation sites (tertiary alicyclic amines) is 1. The number of piperidine rings is 1. The van der Waals surface area contributed by atoms with Gasteiger partial charge < -0.3 is 14.3 Å². The highest BCUT2D eigenvalue weighted by molar-refractivity contribution is 6.08. The quantitative estimate of drug-likeness (QED) is 0.401. The highest BCUT2D eigenvalue weighted by Gasteiger charge is 2.30. The second-order valence-corrected chi connectivity index (χ2v) is 8.45. The highest BCUT2D eigenvalue weighted by Crippen LogP contribution is 2.34. The number of nitrogens with one attached hydrogen (secondary N) is 1. The maximum absolute atomic E-state index is 13.5. The van der Waals surface area contributed by atoms with Crippen LogP contribution in [0.1, 0.15) is 40.7 Å². The Bertz CT molecular complexity index is 1410. The van der Waals surface area contributed by atoms with Crippen molar-refractivity contribution in [2.45, 2.75) is 25.7 Å². The Morgan fingerprint density at radius 1 is 1.06 bits per heavy atom. The summed E-state index contributed by atoms with van der Waals surface area (Å²) in [7, 11) is 0. The Kier molecular flexibility index (Phi) is 4.10. The number of rotatable bonds is 2. The van der Waals surface area contributed by atoms with Gasteiger partial charge in [0.05, 0.1) is 11.0 Å². The summed E-state index contributed by atoms with van der Waals surface area (Å²) in [6.45, 7) is 3.37. The van der Waals surface area contributed by atoms with Crippen LogP contribution < -0.4 is 0 Å². The highest BCUT2D eigenvalue weighted by atomic mass is 16.3. The van der Waals surface area contributed by atoms with Crippen LogP contribution in [0.15, 0.2) is 65.1 Å². The number of hydrogen-bond donors (Lipinski definition) is 1. The smallest absolute Gasteiger partial charge is 0.289 e. The first kappa shape index (κ1) is 18.2. The Morgan fingerprint density at radius 3 is 2.81 bits per heavy atom. The minimum absolute atomic E-state index is 0.0291. The van der Waals surface area contributed by atoms with Gasteiger partial charge in [0.2, 0.25) is 0 Å². The van der Waals surface area contributed by atoms with Crippen LogP contribution in [0.5, 0.6) is 0 Å². The zero-order valence-electron chi connectivity index (χ0n) is 17.4. The number of carbonyl (C=O) groups excluding carboxylic acids is 1. The van der Waals surface area contributed by atoms with E-state index in [1.54, 1.807) is 0 Å². The molecule has 154 valence electrons. The molecule has 0 aliphatic carbocycles. The number of H-pyrrole nitrogens is 1. The Hall–Kier alpha value is -3.60. The van der Waals surface area contributed by atoms with E-state index in [4.69, 9.17) is 9.40 Å². The predicted octanol–water partition coefficient (Wildman–Crippen LogP) is 5.79. The van der Waals surface area contributed by atoms with Crippen LogP contribution in [-0.4, -0.2) is 33.9 Å². The largest absolute Gasteiger partial charge is 0.450 e. The number of aryl methyl sites for hydroxylation is 1. The number of furan rings is 1. The fourth-order valence-electron chi connectivity index (χ4n) is 4.85. The van der Waals surface area contributed by atoms with E-state index in [9.17, 15) is 4.79 Å². The number of fused-ring (bicyclic) bond motifs is 4. The molecular weight excluding hydrogens is 386 g/mol. The second-order valence-electron chi connectivity index (χ2n) is 8.45. The van der Waals surface area contributed by atoms with Crippen molar-refractivity contribution in [3.05, 3.63) is 77.8 Å². The van der Waals surface area contributed by atoms with Gasteiger partial charge >= 0.3 is 0 Å². The summed E-state index contributed by atoms with van der Waals surface area (Å²) in [4.78, 5) is 23.6. The Balaban J connectivity index is 1.34. The third kappa shape index (κ3) is 2.92. The van der Waals surface area contributed by atoms with Crippen LogP contribution in [0.4, 0.5) is 0 Å². The summed E-state index contributed by atoms with van der Waals surface area (Å²) in [5.74, 6) is 1.59. The van der Waals surface area contributed by atoms with Crippen molar-refractivity contribution < 1.29 is 9.21 Å². The van der Waals surface area contributed by atoms with Gasteiger partial charge in [-0.05, 0) is 37.3 Å². The molecule has 1 N–H and O–H groups in total. The molecule has 0 saturated carbocycles. The number of benzene rings is 3. The first-order valence-corrected chi connectivity index (χ1v) is 10.8. The van der Waals surface area contributed by atoms with Crippen LogP contribution >= 0.6 is 0 Å². The lowest BCUT2D eigenvalue weighted by atomic mass is 9.97. The molecule has 1 saturated heterocycles. The van der Waals surface area contributed by atoms with E-state index in [1.807, 2.05) is 54.3 Å². The van der Waals surface area contributed by atoms with Gasteiger partial charge in [0.25, 0.3) is 5.91 Å². The molecule has 1 amide bonds. The molecular formula is C26H23N3O2. The van der Waals surface area contributed by atoms with Crippen molar-refractivity contribution in [1.29, 1.82) is 0 Å². The number of hydrogen-bond acceptors (Lipinski definition) is 3. The van der Waals surface area contributed by atoms with E-state index in [2.05, 4.69) is 23.2 Å². The number of aromatic amines is 1. The van der Waals surface area contributed by atoms with Crippen molar-refractivity contribution >= 4 is 38.7 Å². The van der Waals surface area contributed by atoms with Crippen molar-refractivity contribution in [3.8, 4) is 0 Å². The van der Waals surface area contributed by atoms with Crippen molar-refractivity contribution in [1.82, 2.24) is 14.9 Å². The molecule has 5 aromatic rings. The van der Waals surface area contributed by atoms with Gasteiger partial charge in [0.15, 0.2) is 5.76 Å². The zero-order chi connectivity index (χ0) is 20.9. The topological polar surface area (TPSA) is 62.1 Å². The van der Waals surface area contributed by atoms with Gasteiger partial charge in [-0.2, -0.15) is 0 Å². The van der Waals surface area contributed by atoms with Crippen molar-refractivity contribution in [3.63, 3.8) is 0 Å². The van der Waals surface area contributed by atoms with Crippen molar-refractivity contribution in [2.24, 2.45) is 0 Å². The number of imidazole rings is 1. The molecule has 1 fully saturated rings. The molecule has 1 aliphatic heterocycles. The van der Waals surface area contributed by atoms with Gasteiger partial charge in [0.1, 0.15) is 11.4 Å². The van der Waals surface area contributed by atoms with Crippen LogP contribution in [0.25, 0.3) is 32.8 Å². The normalized spacial score (nSPS) is 17.1. The van der Waals surface area contributed by atoms with Gasteiger partial charge in [-0.25, -0.2) is 4.98 Å². The lowest BCUT2D eigenvalue weighted by Gasteiger charge is -2.31. The summed E-state index contributed by atoms with van der Waals surface area (Å²) >= 11 is 0. The number of para-hydroxylation sites is 2. The number of amides is 1. The first-order valence-electron chi connectivity index (χ1n) is 10.8. The molecule has 3 heterocycles. The lowest BCUT2D eigenvalue weighted by Crippen LogP contribution is -2.39. The van der Waals surface area contributed by atoms with E-state index < -0.39 is 0 Å². The lowest BCUT2D eigenvalue weighted by molar-refractivity contribution is 0.0674. The monoisotopic (exact) mass is 409 g/mol. The maximum atomic E-state index is 13.5. The van der Waals surface area contributed by atoms with Gasteiger partial charge in [-0.1, -0.05) is 48.5 Å². The molecule has 2 aromatic heterocycles. The SMILES string of the molecule is Cc1c(C(=O)N2CCCC(c3nc4ccccc4[nH]3)C2)oc2c1ccc1ccccc12. The zero-order valence-corrected chi connectivity index (χ0v) is 17.4. The average molecular weight is 409 g/mol. The first-order chi connectivity index (χ1) is 15.2. The summed E-state index contributed by atoms with van der Waals surface area (Å²) in [6.07, 6.45) is 1.98. The third-order valence-electron chi connectivity index (χ3n) is 6.53. The minimum Gasteiger partial charge on any atom is -0.450 e. The molecule has 0 spiro atoms. The molecule has 5 nitrogen and oxygen atoms in total. The van der Waals surface area contributed by atoms with Crippen LogP contribution in [-0.2, 0) is 0 Å². The van der Waals surface area contributed by atoms with E-state index in [0.717, 1.165) is 63.5 Å². The standard InChI is InChI=1S/C26H23N3O2/c1-16-19-13-12-17-7-2-3-9-20(17)24(19)31-23(16)26(30)29-14-6-8-18(15-29)25-27-21-10-4-5-11-22(21)28-25/h2-5,7,9-13,18H,6,8,14-15H2,1H3,(H,27,28). The fourth-order valence-corrected chi connectivity index (χ4v) is 4.85. The van der Waals surface area contributed by atoms with Crippen molar-refractivity contribution in [2.75, 3.05) is 13.1 Å². The summed E-state index contributed by atoms with van der Waals surface area (Å²) in [5.41, 5.74) is 3.73. The number of nitrogens with zero attached hydrogens (tertiary/aromatic N) is 2. The molecule has 0 radical (unpaired) electrons. The van der Waals surface area contributed by atoms with Crippen LogP contribution in [0, 0.1) is 6.92 Å². The molecule has 1 atom stereocenters. The van der Waals surface area contributed by atoms with E-state index in [1.165, 1.54) is 0 Å². The minimum atomic E-state index is -0.0291. The van der Waals surface area contributed by atoms with Gasteiger partial charge in [-0.3, -0.25) is 4.79 Å². The molecule has 3 aromatic carbocycles.